The molecule has 0 saturated carbocycles. The largest absolute Gasteiger partial charge is 0.352 e. The number of para-hydroxylation sites is 1. The number of aryl methyl sites for hydroxylation is 2. The molecule has 2 atom stereocenters. The molecule has 1 saturated heterocycles. The molecule has 2 aromatic heterocycles. The lowest BCUT2D eigenvalue weighted by Gasteiger charge is -2.28. The highest BCUT2D eigenvalue weighted by atomic mass is 32.1. The molecule has 3 heterocycles. The highest BCUT2D eigenvalue weighted by Gasteiger charge is 2.41. The van der Waals surface area contributed by atoms with Crippen molar-refractivity contribution in [1.29, 1.82) is 0 Å². The number of benzene rings is 2. The topological polar surface area (TPSA) is 62.2 Å². The standard InChI is InChI=1S/C32H35N5OS/c1-4-25-14-8-9-15-27(25)34-29(38)17-19-36-31(30(35-32(36)39)28-16-10-11-18-33-28)26-20-22(2)37(23(26)3)21-24-12-6-5-7-13-24/h5-16,18,20,30-31H,4,17,19,21H2,1-3H3,(H,34,38)(H,35,39). The van der Waals surface area contributed by atoms with Gasteiger partial charge in [0.15, 0.2) is 5.11 Å². The van der Waals surface area contributed by atoms with E-state index in [0.29, 0.717) is 18.1 Å². The van der Waals surface area contributed by atoms with E-state index in [1.165, 1.54) is 22.5 Å². The molecule has 2 unspecified atom stereocenters. The van der Waals surface area contributed by atoms with Crippen molar-refractivity contribution in [2.45, 2.75) is 52.2 Å². The molecule has 2 aromatic carbocycles. The van der Waals surface area contributed by atoms with E-state index in [-0.39, 0.29) is 18.0 Å². The summed E-state index contributed by atoms with van der Waals surface area (Å²) in [6.07, 6.45) is 3.01. The molecular formula is C32H35N5OS. The van der Waals surface area contributed by atoms with E-state index in [2.05, 4.69) is 76.2 Å². The second-order valence-corrected chi connectivity index (χ2v) is 10.4. The summed E-state index contributed by atoms with van der Waals surface area (Å²) >= 11 is 5.85. The maximum atomic E-state index is 13.0. The number of carbonyl (C=O) groups is 1. The molecule has 0 aliphatic carbocycles. The Morgan fingerprint density at radius 1 is 1.03 bits per heavy atom. The Labute approximate surface area is 236 Å². The van der Waals surface area contributed by atoms with E-state index < -0.39 is 0 Å². The lowest BCUT2D eigenvalue weighted by atomic mass is 9.96. The number of hydrogen-bond donors (Lipinski definition) is 2. The third-order valence-corrected chi connectivity index (χ3v) is 7.92. The Balaban J connectivity index is 1.43. The number of pyridine rings is 1. The van der Waals surface area contributed by atoms with Gasteiger partial charge < -0.3 is 20.1 Å². The van der Waals surface area contributed by atoms with Crippen LogP contribution >= 0.6 is 12.2 Å². The molecule has 39 heavy (non-hydrogen) atoms. The van der Waals surface area contributed by atoms with Gasteiger partial charge in [0, 0.05) is 42.8 Å². The van der Waals surface area contributed by atoms with Gasteiger partial charge >= 0.3 is 0 Å². The highest BCUT2D eigenvalue weighted by Crippen LogP contribution is 2.41. The van der Waals surface area contributed by atoms with Crippen molar-refractivity contribution in [1.82, 2.24) is 19.8 Å². The number of anilines is 1. The summed E-state index contributed by atoms with van der Waals surface area (Å²) in [4.78, 5) is 19.9. The summed E-state index contributed by atoms with van der Waals surface area (Å²) in [6, 6.07) is 26.5. The lowest BCUT2D eigenvalue weighted by Crippen LogP contribution is -2.33. The summed E-state index contributed by atoms with van der Waals surface area (Å²) in [6.45, 7) is 7.72. The molecule has 0 bridgehead atoms. The van der Waals surface area contributed by atoms with Crippen LogP contribution in [0.4, 0.5) is 5.69 Å². The number of thiocarbonyl (C=S) groups is 1. The molecule has 1 amide bonds. The first-order valence-corrected chi connectivity index (χ1v) is 13.9. The number of hydrogen-bond acceptors (Lipinski definition) is 3. The van der Waals surface area contributed by atoms with Crippen LogP contribution in [0.3, 0.4) is 0 Å². The van der Waals surface area contributed by atoms with E-state index in [9.17, 15) is 4.79 Å². The minimum atomic E-state index is -0.117. The zero-order chi connectivity index (χ0) is 27.4. The second-order valence-electron chi connectivity index (χ2n) is 10.0. The number of amides is 1. The molecule has 7 heteroatoms. The van der Waals surface area contributed by atoms with Gasteiger partial charge in [-0.1, -0.05) is 61.5 Å². The number of nitrogens with zero attached hydrogens (tertiary/aromatic N) is 3. The van der Waals surface area contributed by atoms with Crippen LogP contribution in [0.2, 0.25) is 0 Å². The average molecular weight is 538 g/mol. The smallest absolute Gasteiger partial charge is 0.226 e. The van der Waals surface area contributed by atoms with Crippen LogP contribution in [-0.2, 0) is 17.8 Å². The van der Waals surface area contributed by atoms with Gasteiger partial charge in [0.1, 0.15) is 0 Å². The first-order valence-electron chi connectivity index (χ1n) is 13.5. The quantitative estimate of drug-likeness (QED) is 0.252. The monoisotopic (exact) mass is 537 g/mol. The fourth-order valence-electron chi connectivity index (χ4n) is 5.51. The zero-order valence-electron chi connectivity index (χ0n) is 22.7. The van der Waals surface area contributed by atoms with Gasteiger partial charge in [-0.2, -0.15) is 0 Å². The van der Waals surface area contributed by atoms with Gasteiger partial charge in [-0.15, -0.1) is 0 Å². The van der Waals surface area contributed by atoms with E-state index in [0.717, 1.165) is 29.9 Å². The molecule has 4 aromatic rings. The van der Waals surface area contributed by atoms with Gasteiger partial charge in [0.05, 0.1) is 17.8 Å². The number of aromatic nitrogens is 2. The van der Waals surface area contributed by atoms with Crippen molar-refractivity contribution in [2.75, 3.05) is 11.9 Å². The molecule has 1 fully saturated rings. The minimum absolute atomic E-state index is 0.0201. The Morgan fingerprint density at radius 2 is 1.77 bits per heavy atom. The fraction of sp³-hybridized carbons (Fsp3) is 0.281. The Morgan fingerprint density at radius 3 is 2.51 bits per heavy atom. The Hall–Kier alpha value is -3.97. The summed E-state index contributed by atoms with van der Waals surface area (Å²) < 4.78 is 2.36. The van der Waals surface area contributed by atoms with Crippen molar-refractivity contribution >= 4 is 28.9 Å². The van der Waals surface area contributed by atoms with Crippen LogP contribution in [-0.4, -0.2) is 32.0 Å². The Kier molecular flexibility index (Phi) is 8.07. The molecule has 1 aliphatic rings. The third-order valence-electron chi connectivity index (χ3n) is 7.56. The molecule has 6 nitrogen and oxygen atoms in total. The van der Waals surface area contributed by atoms with Crippen LogP contribution in [0, 0.1) is 13.8 Å². The SMILES string of the molecule is CCc1ccccc1NC(=O)CCN1C(=S)NC(c2ccccn2)C1c1cc(C)n(Cc2ccccc2)c1C. The van der Waals surface area contributed by atoms with Gasteiger partial charge in [0.2, 0.25) is 5.91 Å². The third kappa shape index (κ3) is 5.73. The maximum Gasteiger partial charge on any atom is 0.226 e. The predicted octanol–water partition coefficient (Wildman–Crippen LogP) is 6.11. The highest BCUT2D eigenvalue weighted by molar-refractivity contribution is 7.80. The minimum Gasteiger partial charge on any atom is -0.352 e. The molecule has 5 rings (SSSR count). The maximum absolute atomic E-state index is 13.0. The van der Waals surface area contributed by atoms with Crippen LogP contribution < -0.4 is 10.6 Å². The van der Waals surface area contributed by atoms with Crippen molar-refractivity contribution in [3.05, 3.63) is 119 Å². The second kappa shape index (κ2) is 11.8. The van der Waals surface area contributed by atoms with E-state index in [1.54, 1.807) is 0 Å². The summed E-state index contributed by atoms with van der Waals surface area (Å²) in [5.41, 5.74) is 7.78. The summed E-state index contributed by atoms with van der Waals surface area (Å²) in [7, 11) is 0. The number of nitrogens with one attached hydrogen (secondary N) is 2. The van der Waals surface area contributed by atoms with Gasteiger partial charge in [0.25, 0.3) is 0 Å². The zero-order valence-corrected chi connectivity index (χ0v) is 23.5. The Bertz CT molecular complexity index is 1450. The van der Waals surface area contributed by atoms with Crippen LogP contribution in [0.5, 0.6) is 0 Å². The van der Waals surface area contributed by atoms with Crippen LogP contribution in [0.15, 0.2) is 85.1 Å². The fourth-order valence-corrected chi connectivity index (χ4v) is 5.84. The first kappa shape index (κ1) is 26.6. The van der Waals surface area contributed by atoms with E-state index in [1.807, 2.05) is 54.7 Å². The normalized spacial score (nSPS) is 16.8. The molecule has 2 N–H and O–H groups in total. The molecule has 1 aliphatic heterocycles. The van der Waals surface area contributed by atoms with Crippen molar-refractivity contribution in [3.63, 3.8) is 0 Å². The molecular weight excluding hydrogens is 502 g/mol. The molecule has 0 spiro atoms. The first-order chi connectivity index (χ1) is 19.0. The van der Waals surface area contributed by atoms with Crippen LogP contribution in [0.1, 0.15) is 59.2 Å². The molecule has 200 valence electrons. The van der Waals surface area contributed by atoms with Gasteiger partial charge in [-0.3, -0.25) is 9.78 Å². The van der Waals surface area contributed by atoms with Gasteiger partial charge in [-0.05, 0) is 73.4 Å². The number of rotatable bonds is 9. The van der Waals surface area contributed by atoms with Gasteiger partial charge in [-0.25, -0.2) is 0 Å². The number of carbonyl (C=O) groups excluding carboxylic acids is 1. The lowest BCUT2D eigenvalue weighted by molar-refractivity contribution is -0.116. The van der Waals surface area contributed by atoms with Crippen molar-refractivity contribution in [2.24, 2.45) is 0 Å². The summed E-state index contributed by atoms with van der Waals surface area (Å²) in [5, 5.41) is 7.27. The van der Waals surface area contributed by atoms with Crippen molar-refractivity contribution in [3.8, 4) is 0 Å². The predicted molar refractivity (Wildman–Crippen MR) is 161 cm³/mol. The van der Waals surface area contributed by atoms with E-state index >= 15 is 0 Å². The average Bonchev–Trinajstić information content (AvgIpc) is 3.43. The summed E-state index contributed by atoms with van der Waals surface area (Å²) in [5.74, 6) is -0.0201. The van der Waals surface area contributed by atoms with E-state index in [4.69, 9.17) is 12.2 Å². The van der Waals surface area contributed by atoms with Crippen molar-refractivity contribution < 1.29 is 4.79 Å². The molecule has 0 radical (unpaired) electrons. The van der Waals surface area contributed by atoms with Crippen LogP contribution in [0.25, 0.3) is 0 Å².